The lowest BCUT2D eigenvalue weighted by Gasteiger charge is -2.32. The van der Waals surface area contributed by atoms with Crippen molar-refractivity contribution in [2.24, 2.45) is 5.73 Å². The van der Waals surface area contributed by atoms with E-state index in [0.717, 1.165) is 21.6 Å². The molecule has 3 aromatic carbocycles. The van der Waals surface area contributed by atoms with E-state index in [1.165, 1.54) is 7.11 Å². The van der Waals surface area contributed by atoms with Gasteiger partial charge in [-0.25, -0.2) is 9.69 Å². The zero-order valence-corrected chi connectivity index (χ0v) is 25.3. The number of aryl methyl sites for hydroxylation is 1. The molecule has 3 amide bonds. The molecule has 9 nitrogen and oxygen atoms in total. The van der Waals surface area contributed by atoms with E-state index >= 15 is 0 Å². The maximum Gasteiger partial charge on any atom is 0.420 e. The van der Waals surface area contributed by atoms with Gasteiger partial charge in [0.15, 0.2) is 0 Å². The predicted octanol–water partition coefficient (Wildman–Crippen LogP) is 4.15. The molecule has 1 aliphatic heterocycles. The van der Waals surface area contributed by atoms with Crippen molar-refractivity contribution in [1.29, 1.82) is 0 Å². The van der Waals surface area contributed by atoms with Crippen molar-refractivity contribution >= 4 is 23.6 Å². The van der Waals surface area contributed by atoms with Gasteiger partial charge in [-0.1, -0.05) is 78.9 Å². The van der Waals surface area contributed by atoms with Gasteiger partial charge in [0, 0.05) is 18.0 Å². The number of nitrogens with zero attached hydrogens (tertiary/aromatic N) is 1. The highest BCUT2D eigenvalue weighted by Gasteiger charge is 2.36. The minimum absolute atomic E-state index is 0.0934. The zero-order valence-electron chi connectivity index (χ0n) is 25.3. The number of carbonyl (C=O) groups is 3. The van der Waals surface area contributed by atoms with Crippen LogP contribution >= 0.6 is 0 Å². The number of morpholine rings is 1. The van der Waals surface area contributed by atoms with Crippen LogP contribution in [0.3, 0.4) is 0 Å². The Balaban J connectivity index is 1.52. The summed E-state index contributed by atoms with van der Waals surface area (Å²) in [7, 11) is 1.25. The van der Waals surface area contributed by atoms with E-state index in [9.17, 15) is 14.4 Å². The van der Waals surface area contributed by atoms with Gasteiger partial charge < -0.3 is 25.8 Å². The Bertz CT molecular complexity index is 1330. The third-order valence-electron chi connectivity index (χ3n) is 7.41. The van der Waals surface area contributed by atoms with E-state index in [1.807, 2.05) is 93.6 Å². The van der Waals surface area contributed by atoms with Gasteiger partial charge in [-0.2, -0.15) is 0 Å². The Morgan fingerprint density at radius 1 is 0.977 bits per heavy atom. The summed E-state index contributed by atoms with van der Waals surface area (Å²) in [5.74, 6) is -1.15. The summed E-state index contributed by atoms with van der Waals surface area (Å²) in [6.07, 6.45) is 0.190. The van der Waals surface area contributed by atoms with Crippen LogP contribution in [-0.4, -0.2) is 61.9 Å². The molecule has 1 aliphatic rings. The first-order valence-electron chi connectivity index (χ1n) is 14.6. The molecule has 1 fully saturated rings. The van der Waals surface area contributed by atoms with E-state index in [1.54, 1.807) is 12.1 Å². The first-order valence-corrected chi connectivity index (χ1v) is 14.6. The molecule has 0 radical (unpaired) electrons. The number of anilines is 1. The van der Waals surface area contributed by atoms with Gasteiger partial charge in [0.1, 0.15) is 6.04 Å². The Kier molecular flexibility index (Phi) is 10.7. The van der Waals surface area contributed by atoms with Gasteiger partial charge in [-0.3, -0.25) is 9.59 Å². The van der Waals surface area contributed by atoms with Gasteiger partial charge in [-0.15, -0.1) is 0 Å². The number of hydrogen-bond donors (Lipinski definition) is 3. The van der Waals surface area contributed by atoms with Crippen LogP contribution in [0.5, 0.6) is 0 Å². The van der Waals surface area contributed by atoms with Crippen LogP contribution in [0.15, 0.2) is 84.9 Å². The number of nitrogens with two attached hydrogens (primary N) is 1. The lowest BCUT2D eigenvalue weighted by molar-refractivity contribution is -0.129. The second-order valence-corrected chi connectivity index (χ2v) is 11.8. The molecule has 4 rings (SSSR count). The smallest absolute Gasteiger partial charge is 0.420 e. The average Bonchev–Trinajstić information content (AvgIpc) is 3.01. The van der Waals surface area contributed by atoms with E-state index < -0.39 is 30.0 Å². The summed E-state index contributed by atoms with van der Waals surface area (Å²) < 4.78 is 11.1. The Morgan fingerprint density at radius 2 is 1.56 bits per heavy atom. The minimum atomic E-state index is -1.07. The molecule has 3 atom stereocenters. The fraction of sp³-hybridized carbons (Fsp3) is 0.382. The number of para-hydroxylation sites is 1. The second kappa shape index (κ2) is 14.4. The van der Waals surface area contributed by atoms with Gasteiger partial charge in [0.25, 0.3) is 5.91 Å². The SMILES string of the molecule is COC(=O)N(C(=O)[C@@H](N)C(c1ccccc1)c1ccccc1)c1ccccc1CC[C@@H]1CN[C@H](C(=O)NC(C)(C)C)CO1. The highest BCUT2D eigenvalue weighted by atomic mass is 16.5. The van der Waals surface area contributed by atoms with Crippen LogP contribution in [0, 0.1) is 0 Å². The van der Waals surface area contributed by atoms with Crippen LogP contribution < -0.4 is 21.3 Å². The molecule has 43 heavy (non-hydrogen) atoms. The van der Waals surface area contributed by atoms with Gasteiger partial charge in [0.2, 0.25) is 5.91 Å². The van der Waals surface area contributed by atoms with Crippen molar-refractivity contribution in [3.05, 3.63) is 102 Å². The number of amides is 3. The topological polar surface area (TPSA) is 123 Å². The number of carbonyl (C=O) groups excluding carboxylic acids is 3. The van der Waals surface area contributed by atoms with Crippen molar-refractivity contribution < 1.29 is 23.9 Å². The lowest BCUT2D eigenvalue weighted by atomic mass is 9.84. The third kappa shape index (κ3) is 8.28. The highest BCUT2D eigenvalue weighted by molar-refractivity contribution is 6.15. The van der Waals surface area contributed by atoms with Crippen molar-refractivity contribution in [2.75, 3.05) is 25.2 Å². The number of rotatable bonds is 9. The van der Waals surface area contributed by atoms with Crippen LogP contribution in [0.25, 0.3) is 0 Å². The van der Waals surface area contributed by atoms with Gasteiger partial charge >= 0.3 is 6.09 Å². The van der Waals surface area contributed by atoms with Crippen molar-refractivity contribution in [2.45, 2.75) is 63.3 Å². The molecule has 0 bridgehead atoms. The summed E-state index contributed by atoms with van der Waals surface area (Å²) >= 11 is 0. The molecule has 0 unspecified atom stereocenters. The zero-order chi connectivity index (χ0) is 31.0. The van der Waals surface area contributed by atoms with Crippen LogP contribution in [0.1, 0.15) is 49.8 Å². The number of benzene rings is 3. The minimum Gasteiger partial charge on any atom is -0.452 e. The molecule has 0 saturated carbocycles. The maximum absolute atomic E-state index is 14.1. The quantitative estimate of drug-likeness (QED) is 0.344. The monoisotopic (exact) mass is 586 g/mol. The molecule has 1 heterocycles. The van der Waals surface area contributed by atoms with E-state index in [-0.39, 0.29) is 24.2 Å². The third-order valence-corrected chi connectivity index (χ3v) is 7.41. The van der Waals surface area contributed by atoms with Crippen molar-refractivity contribution in [3.8, 4) is 0 Å². The molecular weight excluding hydrogens is 544 g/mol. The summed E-state index contributed by atoms with van der Waals surface area (Å²) in [6.45, 7) is 6.58. The van der Waals surface area contributed by atoms with Crippen LogP contribution in [0.2, 0.25) is 0 Å². The van der Waals surface area contributed by atoms with Crippen molar-refractivity contribution in [3.63, 3.8) is 0 Å². The van der Waals surface area contributed by atoms with Gasteiger partial charge in [-0.05, 0) is 56.4 Å². The molecule has 0 aromatic heterocycles. The summed E-state index contributed by atoms with van der Waals surface area (Å²) in [5, 5.41) is 6.25. The Hall–Kier alpha value is -4.05. The molecule has 0 spiro atoms. The van der Waals surface area contributed by atoms with Crippen molar-refractivity contribution in [1.82, 2.24) is 10.6 Å². The van der Waals surface area contributed by atoms with Gasteiger partial charge in [0.05, 0.1) is 31.5 Å². The average molecular weight is 587 g/mol. The largest absolute Gasteiger partial charge is 0.452 e. The maximum atomic E-state index is 14.1. The van der Waals surface area contributed by atoms with E-state index in [4.69, 9.17) is 15.2 Å². The molecule has 0 aliphatic carbocycles. The standard InChI is InChI=1S/C34H42N4O5/c1-34(2,3)37-31(39)27-22-43-26(21-36-27)20-19-23-13-11-12-18-28(23)38(33(41)42-4)32(40)30(35)29(24-14-7-5-8-15-24)25-16-9-6-10-17-25/h5-18,26-27,29-30,36H,19-22,35H2,1-4H3,(H,37,39)/t26-,27+,30+/m1/s1. The lowest BCUT2D eigenvalue weighted by Crippen LogP contribution is -2.57. The molecule has 3 aromatic rings. The number of methoxy groups -OCH3 is 1. The summed E-state index contributed by atoms with van der Waals surface area (Å²) in [5.41, 5.74) is 9.31. The highest BCUT2D eigenvalue weighted by Crippen LogP contribution is 2.31. The number of nitrogens with one attached hydrogen (secondary N) is 2. The number of hydrogen-bond acceptors (Lipinski definition) is 7. The molecule has 4 N–H and O–H groups in total. The van der Waals surface area contributed by atoms with E-state index in [2.05, 4.69) is 10.6 Å². The summed E-state index contributed by atoms with van der Waals surface area (Å²) in [4.78, 5) is 40.8. The fourth-order valence-electron chi connectivity index (χ4n) is 5.31. The van der Waals surface area contributed by atoms with Crippen LogP contribution in [0.4, 0.5) is 10.5 Å². The second-order valence-electron chi connectivity index (χ2n) is 11.8. The Morgan fingerprint density at radius 3 is 2.09 bits per heavy atom. The fourth-order valence-corrected chi connectivity index (χ4v) is 5.31. The molecule has 9 heteroatoms. The van der Waals surface area contributed by atoms with E-state index in [0.29, 0.717) is 25.1 Å². The molecule has 1 saturated heterocycles. The number of imide groups is 1. The predicted molar refractivity (Wildman–Crippen MR) is 167 cm³/mol. The molecular formula is C34H42N4O5. The normalized spacial score (nSPS) is 17.6. The first-order chi connectivity index (χ1) is 20.6. The summed E-state index contributed by atoms with van der Waals surface area (Å²) in [6, 6.07) is 24.9. The first kappa shape index (κ1) is 31.9. The van der Waals surface area contributed by atoms with Crippen LogP contribution in [-0.2, 0) is 25.5 Å². The molecule has 228 valence electrons. The number of ether oxygens (including phenoxy) is 2. The Labute approximate surface area is 253 Å².